The summed E-state index contributed by atoms with van der Waals surface area (Å²) in [5, 5.41) is 0. The van der Waals surface area contributed by atoms with E-state index in [9.17, 15) is 18.0 Å². The number of sulfone groups is 1. The Morgan fingerprint density at radius 2 is 1.67 bits per heavy atom. The van der Waals surface area contributed by atoms with Crippen LogP contribution < -0.4 is 14.2 Å². The lowest BCUT2D eigenvalue weighted by atomic mass is 10.1. The zero-order valence-corrected chi connectivity index (χ0v) is 16.5. The fraction of sp³-hybridized carbons (Fsp3) is 0.529. The van der Waals surface area contributed by atoms with Crippen LogP contribution in [0.4, 0.5) is 0 Å². The molecule has 150 valence electrons. The van der Waals surface area contributed by atoms with Crippen molar-refractivity contribution in [3.05, 3.63) is 17.7 Å². The van der Waals surface area contributed by atoms with Crippen LogP contribution in [-0.2, 0) is 19.4 Å². The Kier molecular flexibility index (Phi) is 6.53. The zero-order valence-electron chi connectivity index (χ0n) is 15.7. The lowest BCUT2D eigenvalue weighted by Crippen LogP contribution is -2.40. The maximum Gasteiger partial charge on any atom is 0.342 e. The van der Waals surface area contributed by atoms with E-state index in [0.717, 1.165) is 0 Å². The van der Waals surface area contributed by atoms with E-state index in [-0.39, 0.29) is 22.8 Å². The minimum Gasteiger partial charge on any atom is -0.496 e. The van der Waals surface area contributed by atoms with E-state index in [2.05, 4.69) is 0 Å². The van der Waals surface area contributed by atoms with Gasteiger partial charge in [0.2, 0.25) is 0 Å². The van der Waals surface area contributed by atoms with Gasteiger partial charge < -0.3 is 23.8 Å². The summed E-state index contributed by atoms with van der Waals surface area (Å²) in [6.45, 7) is -0.511. The Labute approximate surface area is 158 Å². The van der Waals surface area contributed by atoms with Crippen molar-refractivity contribution in [2.75, 3.05) is 46.5 Å². The molecule has 27 heavy (non-hydrogen) atoms. The van der Waals surface area contributed by atoms with Gasteiger partial charge in [-0.3, -0.25) is 4.79 Å². The number of amides is 1. The first-order valence-corrected chi connectivity index (χ1v) is 9.97. The standard InChI is InChI=1S/C17H23NO8S/c1-18(11-5-6-27(21,22)10-11)16(19)9-26-17(20)12-7-14(24-3)15(25-4)8-13(12)23-2/h7-8,11H,5-6,9-10H2,1-4H3. The molecule has 1 unspecified atom stereocenters. The maximum absolute atomic E-state index is 12.4. The molecule has 1 aromatic carbocycles. The predicted octanol–water partition coefficient (Wildman–Crippen LogP) is 0.515. The molecule has 1 amide bonds. The number of likely N-dealkylation sites (N-methyl/N-ethyl adjacent to an activating group) is 1. The zero-order chi connectivity index (χ0) is 20.2. The molecular formula is C17H23NO8S. The van der Waals surface area contributed by atoms with Gasteiger partial charge in [0.15, 0.2) is 27.9 Å². The third kappa shape index (κ3) is 4.82. The summed E-state index contributed by atoms with van der Waals surface area (Å²) in [6, 6.07) is 2.47. The number of methoxy groups -OCH3 is 3. The van der Waals surface area contributed by atoms with Crippen LogP contribution in [-0.4, -0.2) is 77.7 Å². The Balaban J connectivity index is 2.06. The SMILES string of the molecule is COc1cc(OC)c(C(=O)OCC(=O)N(C)C2CCS(=O)(=O)C2)cc1OC. The number of hydrogen-bond acceptors (Lipinski definition) is 8. The Morgan fingerprint density at radius 3 is 2.19 bits per heavy atom. The molecular weight excluding hydrogens is 378 g/mol. The Hall–Kier alpha value is -2.49. The van der Waals surface area contributed by atoms with Crippen LogP contribution in [0.25, 0.3) is 0 Å². The monoisotopic (exact) mass is 401 g/mol. The van der Waals surface area contributed by atoms with E-state index in [1.165, 1.54) is 45.4 Å². The van der Waals surface area contributed by atoms with Gasteiger partial charge in [0.25, 0.3) is 5.91 Å². The van der Waals surface area contributed by atoms with Crippen molar-refractivity contribution in [3.63, 3.8) is 0 Å². The van der Waals surface area contributed by atoms with Gasteiger partial charge in [-0.1, -0.05) is 0 Å². The van der Waals surface area contributed by atoms with Crippen LogP contribution >= 0.6 is 0 Å². The molecule has 1 aliphatic heterocycles. The van der Waals surface area contributed by atoms with Gasteiger partial charge in [0.1, 0.15) is 11.3 Å². The quantitative estimate of drug-likeness (QED) is 0.608. The fourth-order valence-electron chi connectivity index (χ4n) is 2.78. The molecule has 0 N–H and O–H groups in total. The van der Waals surface area contributed by atoms with Crippen LogP contribution in [0, 0.1) is 0 Å². The molecule has 0 aromatic heterocycles. The number of esters is 1. The minimum atomic E-state index is -3.12. The smallest absolute Gasteiger partial charge is 0.342 e. The lowest BCUT2D eigenvalue weighted by molar-refractivity contribution is -0.134. The average Bonchev–Trinajstić information content (AvgIpc) is 3.03. The number of nitrogens with zero attached hydrogens (tertiary/aromatic N) is 1. The third-order valence-electron chi connectivity index (χ3n) is 4.40. The molecule has 0 spiro atoms. The molecule has 0 radical (unpaired) electrons. The van der Waals surface area contributed by atoms with Crippen LogP contribution in [0.1, 0.15) is 16.8 Å². The predicted molar refractivity (Wildman–Crippen MR) is 96.2 cm³/mol. The molecule has 0 bridgehead atoms. The Morgan fingerprint density at radius 1 is 1.07 bits per heavy atom. The highest BCUT2D eigenvalue weighted by Gasteiger charge is 2.33. The highest BCUT2D eigenvalue weighted by molar-refractivity contribution is 7.91. The molecule has 1 saturated heterocycles. The van der Waals surface area contributed by atoms with Gasteiger partial charge in [-0.25, -0.2) is 13.2 Å². The normalized spacial score (nSPS) is 17.9. The van der Waals surface area contributed by atoms with Crippen LogP contribution in [0.2, 0.25) is 0 Å². The van der Waals surface area contributed by atoms with Crippen molar-refractivity contribution in [2.45, 2.75) is 12.5 Å². The molecule has 0 aliphatic carbocycles. The van der Waals surface area contributed by atoms with Crippen LogP contribution in [0.5, 0.6) is 17.2 Å². The highest BCUT2D eigenvalue weighted by atomic mass is 32.2. The largest absolute Gasteiger partial charge is 0.496 e. The second-order valence-electron chi connectivity index (χ2n) is 6.05. The minimum absolute atomic E-state index is 0.0535. The molecule has 1 fully saturated rings. The fourth-order valence-corrected chi connectivity index (χ4v) is 4.55. The lowest BCUT2D eigenvalue weighted by Gasteiger charge is -2.23. The number of carbonyl (C=O) groups is 2. The summed E-state index contributed by atoms with van der Waals surface area (Å²) in [7, 11) is 2.65. The first kappa shape index (κ1) is 20.8. The number of hydrogen-bond donors (Lipinski definition) is 0. The molecule has 10 heteroatoms. The molecule has 0 saturated carbocycles. The summed E-state index contributed by atoms with van der Waals surface area (Å²) in [5.41, 5.74) is 0.0778. The first-order valence-electron chi connectivity index (χ1n) is 8.15. The van der Waals surface area contributed by atoms with Crippen molar-refractivity contribution < 1.29 is 37.0 Å². The summed E-state index contributed by atoms with van der Waals surface area (Å²) in [6.07, 6.45) is 0.377. The summed E-state index contributed by atoms with van der Waals surface area (Å²) in [5.74, 6) is -0.377. The van der Waals surface area contributed by atoms with E-state index in [1.54, 1.807) is 0 Å². The summed E-state index contributed by atoms with van der Waals surface area (Å²) >= 11 is 0. The Bertz CT molecular complexity index is 820. The molecule has 1 aromatic rings. The van der Waals surface area contributed by atoms with E-state index < -0.39 is 34.4 Å². The number of carbonyl (C=O) groups excluding carboxylic acids is 2. The molecule has 9 nitrogen and oxygen atoms in total. The van der Waals surface area contributed by atoms with Gasteiger partial charge in [-0.2, -0.15) is 0 Å². The van der Waals surface area contributed by atoms with Crippen molar-refractivity contribution in [2.24, 2.45) is 0 Å². The summed E-state index contributed by atoms with van der Waals surface area (Å²) in [4.78, 5) is 25.9. The van der Waals surface area contributed by atoms with Crippen LogP contribution in [0.15, 0.2) is 12.1 Å². The topological polar surface area (TPSA) is 108 Å². The maximum atomic E-state index is 12.4. The van der Waals surface area contributed by atoms with Crippen molar-refractivity contribution in [1.82, 2.24) is 4.90 Å². The van der Waals surface area contributed by atoms with E-state index in [1.807, 2.05) is 0 Å². The molecule has 1 atom stereocenters. The van der Waals surface area contributed by atoms with Crippen molar-refractivity contribution in [3.8, 4) is 17.2 Å². The van der Waals surface area contributed by atoms with Crippen molar-refractivity contribution >= 4 is 21.7 Å². The van der Waals surface area contributed by atoms with Gasteiger partial charge >= 0.3 is 5.97 Å². The van der Waals surface area contributed by atoms with E-state index >= 15 is 0 Å². The van der Waals surface area contributed by atoms with E-state index in [0.29, 0.717) is 17.9 Å². The number of rotatable bonds is 7. The number of benzene rings is 1. The molecule has 1 heterocycles. The van der Waals surface area contributed by atoms with Gasteiger partial charge in [-0.05, 0) is 6.42 Å². The van der Waals surface area contributed by atoms with Gasteiger partial charge in [-0.15, -0.1) is 0 Å². The second kappa shape index (κ2) is 8.47. The second-order valence-corrected chi connectivity index (χ2v) is 8.27. The van der Waals surface area contributed by atoms with Crippen LogP contribution in [0.3, 0.4) is 0 Å². The average molecular weight is 401 g/mol. The molecule has 2 rings (SSSR count). The number of ether oxygens (including phenoxy) is 4. The molecule has 1 aliphatic rings. The van der Waals surface area contributed by atoms with Crippen molar-refractivity contribution in [1.29, 1.82) is 0 Å². The van der Waals surface area contributed by atoms with Gasteiger partial charge in [0.05, 0.1) is 32.8 Å². The highest BCUT2D eigenvalue weighted by Crippen LogP contribution is 2.34. The summed E-state index contributed by atoms with van der Waals surface area (Å²) < 4.78 is 43.6. The van der Waals surface area contributed by atoms with E-state index in [4.69, 9.17) is 18.9 Å². The third-order valence-corrected chi connectivity index (χ3v) is 6.15. The first-order chi connectivity index (χ1) is 12.7. The van der Waals surface area contributed by atoms with Gasteiger partial charge in [0, 0.05) is 25.2 Å².